The van der Waals surface area contributed by atoms with Gasteiger partial charge < -0.3 is 20.3 Å². The number of anilines is 2. The Morgan fingerprint density at radius 1 is 1.24 bits per heavy atom. The Kier molecular flexibility index (Phi) is 3.94. The third-order valence-electron chi connectivity index (χ3n) is 4.46. The summed E-state index contributed by atoms with van der Waals surface area (Å²) in [6, 6.07) is 0. The molecule has 1 aromatic rings. The van der Waals surface area contributed by atoms with Gasteiger partial charge in [-0.05, 0) is 26.8 Å². The third kappa shape index (κ3) is 2.93. The molecule has 0 radical (unpaired) electrons. The largest absolute Gasteiger partial charge is 0.371 e. The van der Waals surface area contributed by atoms with Crippen molar-refractivity contribution in [2.45, 2.75) is 25.4 Å². The molecule has 2 fully saturated rings. The lowest BCUT2D eigenvalue weighted by Gasteiger charge is -2.47. The van der Waals surface area contributed by atoms with Crippen LogP contribution in [0, 0.1) is 6.92 Å². The van der Waals surface area contributed by atoms with Crippen molar-refractivity contribution >= 4 is 23.4 Å². The predicted octanol–water partition coefficient (Wildman–Crippen LogP) is 1.32. The van der Waals surface area contributed by atoms with Crippen molar-refractivity contribution in [1.82, 2.24) is 14.9 Å². The lowest BCUT2D eigenvalue weighted by atomic mass is 9.89. The van der Waals surface area contributed by atoms with Gasteiger partial charge >= 0.3 is 0 Å². The van der Waals surface area contributed by atoms with Gasteiger partial charge in [-0.1, -0.05) is 11.6 Å². The molecule has 2 aliphatic heterocycles. The molecule has 0 atom stereocenters. The quantitative estimate of drug-likeness (QED) is 0.844. The maximum atomic E-state index is 6.38. The van der Waals surface area contributed by atoms with Crippen LogP contribution in [0.15, 0.2) is 0 Å². The van der Waals surface area contributed by atoms with Crippen LogP contribution in [0.2, 0.25) is 5.02 Å². The summed E-state index contributed by atoms with van der Waals surface area (Å²) >= 11 is 6.38. The molecule has 21 heavy (non-hydrogen) atoms. The van der Waals surface area contributed by atoms with Crippen LogP contribution in [0.1, 0.15) is 18.5 Å². The first kappa shape index (κ1) is 14.8. The van der Waals surface area contributed by atoms with Crippen LogP contribution in [-0.2, 0) is 4.74 Å². The van der Waals surface area contributed by atoms with E-state index in [9.17, 15) is 0 Å². The number of rotatable bonds is 1. The molecule has 0 amide bonds. The van der Waals surface area contributed by atoms with E-state index in [1.165, 1.54) is 0 Å². The van der Waals surface area contributed by atoms with E-state index in [1.807, 2.05) is 6.92 Å². The molecule has 0 saturated carbocycles. The van der Waals surface area contributed by atoms with Crippen molar-refractivity contribution < 1.29 is 4.74 Å². The maximum absolute atomic E-state index is 6.38. The molecule has 2 aliphatic rings. The molecule has 1 aromatic heterocycles. The average Bonchev–Trinajstić information content (AvgIpc) is 2.46. The fraction of sp³-hybridized carbons (Fsp3) is 0.714. The zero-order valence-electron chi connectivity index (χ0n) is 12.6. The Bertz CT molecular complexity index is 530. The zero-order valence-corrected chi connectivity index (χ0v) is 13.4. The first-order chi connectivity index (χ1) is 9.99. The lowest BCUT2D eigenvalue weighted by Crippen LogP contribution is -2.56. The van der Waals surface area contributed by atoms with Gasteiger partial charge in [0.2, 0.25) is 5.95 Å². The number of likely N-dealkylation sites (tertiary alicyclic amines) is 1. The Labute approximate surface area is 130 Å². The second-order valence-electron chi connectivity index (χ2n) is 6.06. The van der Waals surface area contributed by atoms with E-state index >= 15 is 0 Å². The van der Waals surface area contributed by atoms with E-state index < -0.39 is 0 Å². The molecular formula is C14H22ClN5O. The monoisotopic (exact) mass is 311 g/mol. The minimum atomic E-state index is -0.0816. The number of ether oxygens (including phenoxy) is 1. The van der Waals surface area contributed by atoms with Gasteiger partial charge in [0, 0.05) is 26.2 Å². The number of halogens is 1. The Morgan fingerprint density at radius 2 is 1.95 bits per heavy atom. The fourth-order valence-electron chi connectivity index (χ4n) is 3.13. The van der Waals surface area contributed by atoms with E-state index in [0.717, 1.165) is 50.5 Å². The Hall–Kier alpha value is -1.11. The molecule has 3 heterocycles. The van der Waals surface area contributed by atoms with Gasteiger partial charge in [0.1, 0.15) is 5.02 Å². The lowest BCUT2D eigenvalue weighted by molar-refractivity contribution is -0.0884. The summed E-state index contributed by atoms with van der Waals surface area (Å²) in [7, 11) is 2.15. The van der Waals surface area contributed by atoms with Gasteiger partial charge in [-0.25, -0.2) is 4.98 Å². The van der Waals surface area contributed by atoms with Crippen LogP contribution < -0.4 is 10.6 Å². The van der Waals surface area contributed by atoms with E-state index in [4.69, 9.17) is 22.1 Å². The summed E-state index contributed by atoms with van der Waals surface area (Å²) in [6.07, 6.45) is 2.08. The van der Waals surface area contributed by atoms with Crippen molar-refractivity contribution in [2.24, 2.45) is 0 Å². The number of aryl methyl sites for hydroxylation is 1. The SMILES string of the molecule is Cc1nc(N)nc(N2CCOC3(CCN(C)CC3)C2)c1Cl. The molecule has 6 nitrogen and oxygen atoms in total. The smallest absolute Gasteiger partial charge is 0.222 e. The van der Waals surface area contributed by atoms with Crippen LogP contribution in [0.25, 0.3) is 0 Å². The van der Waals surface area contributed by atoms with Crippen molar-refractivity contribution in [1.29, 1.82) is 0 Å². The molecule has 7 heteroatoms. The summed E-state index contributed by atoms with van der Waals surface area (Å²) in [6.45, 7) is 6.28. The summed E-state index contributed by atoms with van der Waals surface area (Å²) in [4.78, 5) is 13.0. The second-order valence-corrected chi connectivity index (χ2v) is 6.44. The summed E-state index contributed by atoms with van der Waals surface area (Å²) in [5, 5.41) is 0.592. The summed E-state index contributed by atoms with van der Waals surface area (Å²) in [5.41, 5.74) is 6.42. The molecule has 0 unspecified atom stereocenters. The van der Waals surface area contributed by atoms with E-state index in [-0.39, 0.29) is 11.5 Å². The van der Waals surface area contributed by atoms with Crippen LogP contribution in [0.4, 0.5) is 11.8 Å². The van der Waals surface area contributed by atoms with E-state index in [0.29, 0.717) is 11.6 Å². The van der Waals surface area contributed by atoms with Crippen LogP contribution in [-0.4, -0.2) is 60.3 Å². The fourth-order valence-corrected chi connectivity index (χ4v) is 3.33. The van der Waals surface area contributed by atoms with Crippen molar-refractivity contribution in [3.63, 3.8) is 0 Å². The highest BCUT2D eigenvalue weighted by Gasteiger charge is 2.40. The summed E-state index contributed by atoms with van der Waals surface area (Å²) in [5.74, 6) is 1.01. The summed E-state index contributed by atoms with van der Waals surface area (Å²) < 4.78 is 6.12. The van der Waals surface area contributed by atoms with E-state index in [1.54, 1.807) is 0 Å². The number of hydrogen-bond acceptors (Lipinski definition) is 6. The van der Waals surface area contributed by atoms with Gasteiger partial charge in [0.05, 0.1) is 17.9 Å². The van der Waals surface area contributed by atoms with Crippen molar-refractivity contribution in [2.75, 3.05) is 50.5 Å². The molecule has 2 N–H and O–H groups in total. The van der Waals surface area contributed by atoms with E-state index in [2.05, 4.69) is 26.8 Å². The Morgan fingerprint density at radius 3 is 2.67 bits per heavy atom. The minimum Gasteiger partial charge on any atom is -0.371 e. The van der Waals surface area contributed by atoms with Crippen LogP contribution in [0.5, 0.6) is 0 Å². The normalized spacial score (nSPS) is 22.7. The number of aromatic nitrogens is 2. The number of nitrogens with two attached hydrogens (primary N) is 1. The van der Waals surface area contributed by atoms with Crippen molar-refractivity contribution in [3.8, 4) is 0 Å². The highest BCUT2D eigenvalue weighted by Crippen LogP contribution is 2.34. The third-order valence-corrected chi connectivity index (χ3v) is 4.91. The standard InChI is InChI=1S/C14H22ClN5O/c1-10-11(15)12(18-13(16)17-10)20-7-8-21-14(9-20)3-5-19(2)6-4-14/h3-9H2,1-2H3,(H2,16,17,18). The number of hydrogen-bond donors (Lipinski definition) is 1. The molecule has 3 rings (SSSR count). The van der Waals surface area contributed by atoms with Gasteiger partial charge in [-0.2, -0.15) is 4.98 Å². The molecular weight excluding hydrogens is 290 g/mol. The molecule has 1 spiro atoms. The second kappa shape index (κ2) is 5.59. The highest BCUT2D eigenvalue weighted by atomic mass is 35.5. The van der Waals surface area contributed by atoms with Gasteiger partial charge in [0.25, 0.3) is 0 Å². The minimum absolute atomic E-state index is 0.0816. The number of piperidine rings is 1. The van der Waals surface area contributed by atoms with Gasteiger partial charge in [-0.3, -0.25) is 0 Å². The van der Waals surface area contributed by atoms with Gasteiger partial charge in [0.15, 0.2) is 5.82 Å². The maximum Gasteiger partial charge on any atom is 0.222 e. The number of nitrogens with zero attached hydrogens (tertiary/aromatic N) is 4. The molecule has 0 aromatic carbocycles. The first-order valence-electron chi connectivity index (χ1n) is 7.36. The molecule has 2 saturated heterocycles. The average molecular weight is 312 g/mol. The van der Waals surface area contributed by atoms with Crippen molar-refractivity contribution in [3.05, 3.63) is 10.7 Å². The molecule has 116 valence electrons. The topological polar surface area (TPSA) is 67.5 Å². The Balaban J connectivity index is 1.83. The molecule has 0 bridgehead atoms. The van der Waals surface area contributed by atoms with Gasteiger partial charge in [-0.15, -0.1) is 0 Å². The van der Waals surface area contributed by atoms with Crippen LogP contribution in [0.3, 0.4) is 0 Å². The predicted molar refractivity (Wildman–Crippen MR) is 83.8 cm³/mol. The zero-order chi connectivity index (χ0) is 15.0. The highest BCUT2D eigenvalue weighted by molar-refractivity contribution is 6.33. The number of morpholine rings is 1. The molecule has 0 aliphatic carbocycles. The van der Waals surface area contributed by atoms with Crippen LogP contribution >= 0.6 is 11.6 Å². The first-order valence-corrected chi connectivity index (χ1v) is 7.74. The number of nitrogen functional groups attached to an aromatic ring is 1.